The minimum absolute atomic E-state index is 0.0384. The van der Waals surface area contributed by atoms with Crippen molar-refractivity contribution in [1.82, 2.24) is 5.32 Å². The Balaban J connectivity index is 2.14. The second-order valence-electron chi connectivity index (χ2n) is 7.00. The lowest BCUT2D eigenvalue weighted by Crippen LogP contribution is -2.44. The van der Waals surface area contributed by atoms with Gasteiger partial charge in [0.05, 0.1) is 11.2 Å². The van der Waals surface area contributed by atoms with Crippen molar-refractivity contribution < 1.29 is 4.74 Å². The Kier molecular flexibility index (Phi) is 4.48. The van der Waals surface area contributed by atoms with E-state index >= 15 is 0 Å². The topological polar surface area (TPSA) is 21.3 Å². The quantitative estimate of drug-likeness (QED) is 0.904. The summed E-state index contributed by atoms with van der Waals surface area (Å²) in [6.07, 6.45) is 2.08. The van der Waals surface area contributed by atoms with Crippen molar-refractivity contribution in [3.63, 3.8) is 0 Å². The number of nitrogens with one attached hydrogen (secondary N) is 1. The van der Waals surface area contributed by atoms with Crippen LogP contribution in [-0.4, -0.2) is 24.3 Å². The number of rotatable bonds is 4. The Hall–Kier alpha value is -0.570. The molecule has 0 spiro atoms. The molecule has 2 unspecified atom stereocenters. The maximum absolute atomic E-state index is 6.23. The lowest BCUT2D eigenvalue weighted by atomic mass is 9.79. The van der Waals surface area contributed by atoms with Gasteiger partial charge in [-0.2, -0.15) is 0 Å². The maximum atomic E-state index is 6.23. The summed E-state index contributed by atoms with van der Waals surface area (Å²) in [5, 5.41) is 4.28. The second-order valence-corrected chi connectivity index (χ2v) is 7.44. The molecule has 1 N–H and O–H groups in total. The van der Waals surface area contributed by atoms with Gasteiger partial charge >= 0.3 is 0 Å². The number of hydrogen-bond donors (Lipinski definition) is 1. The van der Waals surface area contributed by atoms with Gasteiger partial charge in [0.2, 0.25) is 0 Å². The molecule has 20 heavy (non-hydrogen) atoms. The van der Waals surface area contributed by atoms with Crippen LogP contribution in [0.4, 0.5) is 0 Å². The third-order valence-electron chi connectivity index (χ3n) is 4.37. The lowest BCUT2D eigenvalue weighted by molar-refractivity contribution is -0.0774. The third-order valence-corrected chi connectivity index (χ3v) is 4.62. The number of halogens is 1. The highest BCUT2D eigenvalue weighted by atomic mass is 35.5. The molecular formula is C17H26ClNO. The van der Waals surface area contributed by atoms with Crippen molar-refractivity contribution in [1.29, 1.82) is 0 Å². The van der Waals surface area contributed by atoms with E-state index < -0.39 is 0 Å². The number of hydrogen-bond acceptors (Lipinski definition) is 2. The average molecular weight is 296 g/mol. The highest BCUT2D eigenvalue weighted by Crippen LogP contribution is 2.44. The Morgan fingerprint density at radius 3 is 2.30 bits per heavy atom. The van der Waals surface area contributed by atoms with E-state index in [0.717, 1.165) is 17.9 Å². The lowest BCUT2D eigenvalue weighted by Gasteiger charge is -2.33. The molecule has 0 radical (unpaired) electrons. The monoisotopic (exact) mass is 295 g/mol. The second kappa shape index (κ2) is 5.67. The summed E-state index contributed by atoms with van der Waals surface area (Å²) >= 11 is 5.96. The molecule has 2 atom stereocenters. The summed E-state index contributed by atoms with van der Waals surface area (Å²) in [5.41, 5.74) is 1.18. The fourth-order valence-corrected chi connectivity index (χ4v) is 3.68. The van der Waals surface area contributed by atoms with Crippen molar-refractivity contribution in [3.8, 4) is 0 Å². The predicted molar refractivity (Wildman–Crippen MR) is 85.4 cm³/mol. The van der Waals surface area contributed by atoms with Crippen molar-refractivity contribution in [2.45, 2.75) is 57.8 Å². The first-order chi connectivity index (χ1) is 9.23. The van der Waals surface area contributed by atoms with Crippen LogP contribution in [0.25, 0.3) is 0 Å². The van der Waals surface area contributed by atoms with E-state index in [0.29, 0.717) is 12.0 Å². The molecule has 1 aliphatic rings. The van der Waals surface area contributed by atoms with E-state index in [1.165, 1.54) is 5.56 Å². The zero-order valence-electron chi connectivity index (χ0n) is 13.2. The van der Waals surface area contributed by atoms with Gasteiger partial charge < -0.3 is 10.1 Å². The van der Waals surface area contributed by atoms with Crippen molar-refractivity contribution >= 4 is 11.6 Å². The van der Waals surface area contributed by atoms with E-state index in [9.17, 15) is 0 Å². The predicted octanol–water partition coefficient (Wildman–Crippen LogP) is 4.06. The van der Waals surface area contributed by atoms with Gasteiger partial charge in [-0.05, 0) is 65.3 Å². The number of likely N-dealkylation sites (N-methyl/N-ethyl adjacent to an activating group) is 1. The highest BCUT2D eigenvalue weighted by molar-refractivity contribution is 6.30. The summed E-state index contributed by atoms with van der Waals surface area (Å²) in [4.78, 5) is 0. The molecule has 0 amide bonds. The van der Waals surface area contributed by atoms with Crippen LogP contribution in [0.5, 0.6) is 0 Å². The minimum atomic E-state index is -0.0936. The Morgan fingerprint density at radius 2 is 1.85 bits per heavy atom. The summed E-state index contributed by atoms with van der Waals surface area (Å²) in [7, 11) is 2.04. The van der Waals surface area contributed by atoms with Crippen LogP contribution < -0.4 is 5.32 Å². The van der Waals surface area contributed by atoms with Crippen LogP contribution in [0.3, 0.4) is 0 Å². The highest BCUT2D eigenvalue weighted by Gasteiger charge is 2.48. The van der Waals surface area contributed by atoms with Crippen molar-refractivity contribution in [2.24, 2.45) is 5.92 Å². The minimum Gasteiger partial charge on any atom is -0.369 e. The molecule has 0 bridgehead atoms. The van der Waals surface area contributed by atoms with Crippen LogP contribution in [0.2, 0.25) is 5.02 Å². The summed E-state index contributed by atoms with van der Waals surface area (Å²) < 4.78 is 6.23. The fourth-order valence-electron chi connectivity index (χ4n) is 3.55. The van der Waals surface area contributed by atoms with Gasteiger partial charge in [0, 0.05) is 17.0 Å². The maximum Gasteiger partial charge on any atom is 0.0677 e. The van der Waals surface area contributed by atoms with E-state index in [1.54, 1.807) is 0 Å². The van der Waals surface area contributed by atoms with Gasteiger partial charge in [-0.15, -0.1) is 0 Å². The van der Waals surface area contributed by atoms with Crippen LogP contribution in [0.1, 0.15) is 39.7 Å². The molecule has 1 heterocycles. The molecule has 112 valence electrons. The van der Waals surface area contributed by atoms with E-state index in [1.807, 2.05) is 19.2 Å². The normalized spacial score (nSPS) is 25.6. The first-order valence-corrected chi connectivity index (χ1v) is 7.73. The van der Waals surface area contributed by atoms with E-state index in [2.05, 4.69) is 45.1 Å². The summed E-state index contributed by atoms with van der Waals surface area (Å²) in [6.45, 7) is 8.78. The molecule has 2 nitrogen and oxygen atoms in total. The molecule has 1 aromatic carbocycles. The molecule has 1 aromatic rings. The van der Waals surface area contributed by atoms with Crippen LogP contribution in [0, 0.1) is 5.92 Å². The van der Waals surface area contributed by atoms with E-state index in [-0.39, 0.29) is 11.2 Å². The average Bonchev–Trinajstić information content (AvgIpc) is 2.56. The zero-order chi connectivity index (χ0) is 15.0. The standard InChI is InChI=1S/C17H26ClNO/c1-16(2)11-14(17(3,4)20-16)15(19-5)10-12-6-8-13(18)9-7-12/h6-9,14-15,19H,10-11H2,1-5H3. The molecule has 0 aliphatic carbocycles. The van der Waals surface area contributed by atoms with Gasteiger partial charge in [-0.25, -0.2) is 0 Å². The number of benzene rings is 1. The van der Waals surface area contributed by atoms with Crippen molar-refractivity contribution in [2.75, 3.05) is 7.05 Å². The largest absolute Gasteiger partial charge is 0.369 e. The van der Waals surface area contributed by atoms with Crippen molar-refractivity contribution in [3.05, 3.63) is 34.9 Å². The SMILES string of the molecule is CNC(Cc1ccc(Cl)cc1)C1CC(C)(C)OC1(C)C. The molecule has 1 aliphatic heterocycles. The first-order valence-electron chi connectivity index (χ1n) is 7.35. The molecule has 0 saturated carbocycles. The Morgan fingerprint density at radius 1 is 1.25 bits per heavy atom. The molecule has 0 aromatic heterocycles. The smallest absolute Gasteiger partial charge is 0.0677 e. The molecule has 1 fully saturated rings. The molecule has 2 rings (SSSR count). The molecule has 1 saturated heterocycles. The van der Waals surface area contributed by atoms with E-state index in [4.69, 9.17) is 16.3 Å². The molecular weight excluding hydrogens is 270 g/mol. The zero-order valence-corrected chi connectivity index (χ0v) is 13.9. The Labute approximate surface area is 127 Å². The summed E-state index contributed by atoms with van der Waals surface area (Å²) in [6, 6.07) is 8.56. The first kappa shape index (κ1) is 15.8. The molecule has 3 heteroatoms. The van der Waals surface area contributed by atoms with Gasteiger partial charge in [0.1, 0.15) is 0 Å². The van der Waals surface area contributed by atoms with Gasteiger partial charge in [-0.1, -0.05) is 23.7 Å². The van der Waals surface area contributed by atoms with Gasteiger partial charge in [0.15, 0.2) is 0 Å². The third kappa shape index (κ3) is 3.55. The van der Waals surface area contributed by atoms with Gasteiger partial charge in [-0.3, -0.25) is 0 Å². The van der Waals surface area contributed by atoms with Gasteiger partial charge in [0.25, 0.3) is 0 Å². The fraction of sp³-hybridized carbons (Fsp3) is 0.647. The summed E-state index contributed by atoms with van der Waals surface area (Å²) in [5.74, 6) is 0.498. The van der Waals surface area contributed by atoms with Crippen LogP contribution in [0.15, 0.2) is 24.3 Å². The van der Waals surface area contributed by atoms with Crippen LogP contribution in [-0.2, 0) is 11.2 Å². The number of ether oxygens (including phenoxy) is 1. The Bertz CT molecular complexity index is 453. The van der Waals surface area contributed by atoms with Crippen LogP contribution >= 0.6 is 11.6 Å².